The van der Waals surface area contributed by atoms with Crippen LogP contribution < -0.4 is 10.6 Å². The molecule has 33 heavy (non-hydrogen) atoms. The molecule has 6 rings (SSSR count). The Labute approximate surface area is 195 Å². The molecule has 1 heterocycles. The molecule has 4 bridgehead atoms. The lowest BCUT2D eigenvalue weighted by Gasteiger charge is -2.62. The number of rotatable bonds is 4. The molecule has 1 saturated heterocycles. The molecule has 0 aromatic heterocycles. The number of hydrogen-bond acceptors (Lipinski definition) is 7. The van der Waals surface area contributed by atoms with E-state index in [1.165, 1.54) is 0 Å². The molecule has 1 aliphatic heterocycles. The fourth-order valence-corrected chi connectivity index (χ4v) is 7.14. The molecule has 3 N–H and O–H groups in total. The summed E-state index contributed by atoms with van der Waals surface area (Å²) in [6, 6.07) is 0. The predicted molar refractivity (Wildman–Crippen MR) is 116 cm³/mol. The smallest absolute Gasteiger partial charge is 0.407 e. The van der Waals surface area contributed by atoms with Gasteiger partial charge in [0.1, 0.15) is 5.60 Å². The number of aliphatic hydroxyl groups excluding tert-OH is 1. The minimum atomic E-state index is -0.837. The third kappa shape index (κ3) is 4.49. The SMILES string of the molecule is CC(C)(C)OC(=O)NCCC(=O)NC12CC3CC(C1)C1(OO[C@@]4(CCCC(O)C4)O1)C(C3)C2. The van der Waals surface area contributed by atoms with Gasteiger partial charge in [0.2, 0.25) is 17.5 Å². The minimum absolute atomic E-state index is 0.0570. The zero-order valence-corrected chi connectivity index (χ0v) is 20.0. The Morgan fingerprint density at radius 2 is 1.82 bits per heavy atom. The summed E-state index contributed by atoms with van der Waals surface area (Å²) in [6.45, 7) is 5.66. The Kier molecular flexibility index (Phi) is 5.70. The lowest BCUT2D eigenvalue weighted by molar-refractivity contribution is -0.392. The summed E-state index contributed by atoms with van der Waals surface area (Å²) >= 11 is 0. The van der Waals surface area contributed by atoms with E-state index in [0.29, 0.717) is 12.3 Å². The number of nitrogens with one attached hydrogen (secondary N) is 2. The Morgan fingerprint density at radius 1 is 1.09 bits per heavy atom. The number of aliphatic hydroxyl groups is 1. The van der Waals surface area contributed by atoms with Gasteiger partial charge in [-0.25, -0.2) is 4.79 Å². The van der Waals surface area contributed by atoms with Gasteiger partial charge in [0.25, 0.3) is 0 Å². The van der Waals surface area contributed by atoms with Crippen molar-refractivity contribution >= 4 is 12.0 Å². The van der Waals surface area contributed by atoms with Crippen LogP contribution in [0.3, 0.4) is 0 Å². The maximum absolute atomic E-state index is 12.8. The zero-order valence-electron chi connectivity index (χ0n) is 20.0. The van der Waals surface area contributed by atoms with E-state index >= 15 is 0 Å². The van der Waals surface area contributed by atoms with Crippen LogP contribution in [0.2, 0.25) is 0 Å². The Balaban J connectivity index is 1.19. The first-order valence-corrected chi connectivity index (χ1v) is 12.5. The zero-order chi connectivity index (χ0) is 23.5. The Hall–Kier alpha value is -1.42. The monoisotopic (exact) mass is 466 g/mol. The van der Waals surface area contributed by atoms with Crippen molar-refractivity contribution in [3.63, 3.8) is 0 Å². The Morgan fingerprint density at radius 3 is 2.48 bits per heavy atom. The fraction of sp³-hybridized carbons (Fsp3) is 0.917. The highest BCUT2D eigenvalue weighted by molar-refractivity contribution is 5.78. The maximum atomic E-state index is 12.8. The van der Waals surface area contributed by atoms with Gasteiger partial charge in [0.05, 0.1) is 6.10 Å². The molecular formula is C24H38N2O7. The molecule has 9 heteroatoms. The fourth-order valence-electron chi connectivity index (χ4n) is 7.14. The number of ether oxygens (including phenoxy) is 2. The number of hydrogen-bond donors (Lipinski definition) is 3. The summed E-state index contributed by atoms with van der Waals surface area (Å²) < 4.78 is 11.9. The van der Waals surface area contributed by atoms with Crippen LogP contribution in [0.15, 0.2) is 0 Å². The molecular weight excluding hydrogens is 428 g/mol. The molecule has 4 atom stereocenters. The summed E-state index contributed by atoms with van der Waals surface area (Å²) in [5, 5.41) is 16.1. The summed E-state index contributed by atoms with van der Waals surface area (Å²) in [7, 11) is 0. The van der Waals surface area contributed by atoms with Crippen LogP contribution in [0, 0.1) is 17.8 Å². The summed E-state index contributed by atoms with van der Waals surface area (Å²) in [4.78, 5) is 36.5. The molecule has 0 aromatic rings. The number of alkyl carbamates (subject to hydrolysis) is 1. The normalized spacial score (nSPS) is 43.8. The lowest BCUT2D eigenvalue weighted by Crippen LogP contribution is -2.69. The lowest BCUT2D eigenvalue weighted by atomic mass is 9.50. The topological polar surface area (TPSA) is 115 Å². The van der Waals surface area contributed by atoms with Gasteiger partial charge in [-0.1, -0.05) is 0 Å². The second kappa shape index (κ2) is 8.07. The van der Waals surface area contributed by atoms with Gasteiger partial charge >= 0.3 is 6.09 Å². The quantitative estimate of drug-likeness (QED) is 0.546. The molecule has 6 fully saturated rings. The summed E-state index contributed by atoms with van der Waals surface area (Å²) in [5.74, 6) is -0.811. The van der Waals surface area contributed by atoms with Gasteiger partial charge in [-0.2, -0.15) is 9.78 Å². The molecule has 5 aliphatic carbocycles. The van der Waals surface area contributed by atoms with Crippen molar-refractivity contribution < 1.29 is 33.9 Å². The van der Waals surface area contributed by atoms with Crippen molar-refractivity contribution in [3.05, 3.63) is 0 Å². The highest BCUT2D eigenvalue weighted by Crippen LogP contribution is 2.64. The van der Waals surface area contributed by atoms with Gasteiger partial charge in [0.15, 0.2) is 0 Å². The van der Waals surface area contributed by atoms with Crippen molar-refractivity contribution in [2.75, 3.05) is 6.54 Å². The largest absolute Gasteiger partial charge is 0.444 e. The third-order valence-corrected chi connectivity index (χ3v) is 8.06. The molecule has 3 unspecified atom stereocenters. The first-order valence-electron chi connectivity index (χ1n) is 12.5. The average Bonchev–Trinajstić information content (AvgIpc) is 3.03. The molecule has 2 spiro atoms. The van der Waals surface area contributed by atoms with Gasteiger partial charge in [0, 0.05) is 43.2 Å². The number of carbonyl (C=O) groups excluding carboxylic acids is 2. The van der Waals surface area contributed by atoms with Crippen molar-refractivity contribution in [1.29, 1.82) is 0 Å². The molecule has 186 valence electrons. The van der Waals surface area contributed by atoms with Crippen LogP contribution in [0.4, 0.5) is 4.79 Å². The van der Waals surface area contributed by atoms with Crippen LogP contribution >= 0.6 is 0 Å². The van der Waals surface area contributed by atoms with E-state index < -0.39 is 29.4 Å². The van der Waals surface area contributed by atoms with E-state index in [1.54, 1.807) is 20.8 Å². The second-order valence-corrected chi connectivity index (χ2v) is 12.0. The highest BCUT2D eigenvalue weighted by Gasteiger charge is 2.70. The van der Waals surface area contributed by atoms with Crippen LogP contribution in [-0.2, 0) is 24.0 Å². The first kappa shape index (κ1) is 23.3. The second-order valence-electron chi connectivity index (χ2n) is 12.0. The van der Waals surface area contributed by atoms with Gasteiger partial charge < -0.3 is 25.2 Å². The van der Waals surface area contributed by atoms with Crippen molar-refractivity contribution in [2.24, 2.45) is 17.8 Å². The average molecular weight is 467 g/mol. The highest BCUT2D eigenvalue weighted by atomic mass is 17.3. The van der Waals surface area contributed by atoms with E-state index in [9.17, 15) is 14.7 Å². The van der Waals surface area contributed by atoms with Crippen molar-refractivity contribution in [2.45, 2.75) is 114 Å². The minimum Gasteiger partial charge on any atom is -0.444 e. The van der Waals surface area contributed by atoms with Gasteiger partial charge in [-0.15, -0.1) is 0 Å². The molecule has 2 amide bonds. The molecule has 0 radical (unpaired) electrons. The van der Waals surface area contributed by atoms with Crippen LogP contribution in [0.5, 0.6) is 0 Å². The summed E-state index contributed by atoms with van der Waals surface area (Å²) in [5.41, 5.74) is -0.816. The van der Waals surface area contributed by atoms with E-state index in [4.69, 9.17) is 19.2 Å². The van der Waals surface area contributed by atoms with Crippen LogP contribution in [-0.4, -0.2) is 52.5 Å². The first-order chi connectivity index (χ1) is 15.5. The standard InChI is InChI=1S/C24H38N2O7/c1-21(2,3)30-20(29)25-8-6-19(28)26-22-11-15-9-16(12-22)24(17(10-15)13-22)31-23(32-33-24)7-4-5-18(27)14-23/h15-18,27H,4-14H2,1-3H3,(H,25,29)(H,26,28)/t15?,16?,17?,18?,22?,23-,24?/m1/s1. The Bertz CT molecular complexity index is 780. The number of amides is 2. The van der Waals surface area contributed by atoms with E-state index in [2.05, 4.69) is 10.6 Å². The van der Waals surface area contributed by atoms with Crippen LogP contribution in [0.1, 0.15) is 85.0 Å². The van der Waals surface area contributed by atoms with Crippen LogP contribution in [0.25, 0.3) is 0 Å². The summed E-state index contributed by atoms with van der Waals surface area (Å²) in [6.07, 6.45) is 6.69. The third-order valence-electron chi connectivity index (χ3n) is 8.06. The van der Waals surface area contributed by atoms with E-state index in [1.807, 2.05) is 0 Å². The molecule has 9 nitrogen and oxygen atoms in total. The predicted octanol–water partition coefficient (Wildman–Crippen LogP) is 2.90. The van der Waals surface area contributed by atoms with Gasteiger partial charge in [-0.05, 0) is 71.6 Å². The van der Waals surface area contributed by atoms with Crippen molar-refractivity contribution in [3.8, 4) is 0 Å². The van der Waals surface area contributed by atoms with E-state index in [0.717, 1.165) is 51.4 Å². The molecule has 5 saturated carbocycles. The molecule has 6 aliphatic rings. The van der Waals surface area contributed by atoms with Crippen molar-refractivity contribution in [1.82, 2.24) is 10.6 Å². The van der Waals surface area contributed by atoms with Gasteiger partial charge in [-0.3, -0.25) is 4.79 Å². The maximum Gasteiger partial charge on any atom is 0.407 e. The van der Waals surface area contributed by atoms with E-state index in [-0.39, 0.29) is 36.2 Å². The number of carbonyl (C=O) groups is 2. The molecule has 0 aromatic carbocycles.